The van der Waals surface area contributed by atoms with Crippen LogP contribution in [0, 0.1) is 5.82 Å². The second kappa shape index (κ2) is 5.88. The van der Waals surface area contributed by atoms with Gasteiger partial charge in [0.25, 0.3) is 6.10 Å². The molecule has 1 rings (SSSR count). The topological polar surface area (TPSA) is 107 Å². The fraction of sp³-hybridized carbons (Fsp3) is 0.300. The van der Waals surface area contributed by atoms with Crippen LogP contribution in [0.4, 0.5) is 32.0 Å². The van der Waals surface area contributed by atoms with E-state index in [0.717, 1.165) is 12.1 Å². The normalized spacial score (nSPS) is 14.4. The maximum absolute atomic E-state index is 13.2. The van der Waals surface area contributed by atoms with Gasteiger partial charge in [-0.25, -0.2) is 9.18 Å². The zero-order valence-corrected chi connectivity index (χ0v) is 11.5. The summed E-state index contributed by atoms with van der Waals surface area (Å²) in [5, 5.41) is -5.89. The van der Waals surface area contributed by atoms with Gasteiger partial charge in [0.05, 0.1) is 5.56 Å². The van der Waals surface area contributed by atoms with Gasteiger partial charge in [-0.3, -0.25) is 4.55 Å². The summed E-state index contributed by atoms with van der Waals surface area (Å²) in [6.07, 6.45) is -10.6. The number of esters is 1. The molecule has 23 heavy (non-hydrogen) atoms. The number of benzene rings is 1. The number of alkyl halides is 5. The summed E-state index contributed by atoms with van der Waals surface area (Å²) in [6.45, 7) is 0. The predicted octanol–water partition coefficient (Wildman–Crippen LogP) is 1.98. The highest BCUT2D eigenvalue weighted by Gasteiger charge is 2.66. The van der Waals surface area contributed by atoms with Crippen LogP contribution in [0.15, 0.2) is 18.2 Å². The van der Waals surface area contributed by atoms with Crippen molar-refractivity contribution in [1.29, 1.82) is 0 Å². The third-order valence-electron chi connectivity index (χ3n) is 2.41. The SMILES string of the molecule is Nc1ccc(F)cc1C(=O)OC(C(F)(F)F)C(F)(F)S(=O)(=O)O. The van der Waals surface area contributed by atoms with E-state index in [4.69, 9.17) is 10.3 Å². The fourth-order valence-electron chi connectivity index (χ4n) is 1.34. The van der Waals surface area contributed by atoms with Gasteiger partial charge in [0.1, 0.15) is 5.82 Å². The van der Waals surface area contributed by atoms with E-state index in [1.807, 2.05) is 0 Å². The van der Waals surface area contributed by atoms with Crippen LogP contribution in [0.2, 0.25) is 0 Å². The highest BCUT2D eigenvalue weighted by molar-refractivity contribution is 7.86. The van der Waals surface area contributed by atoms with Crippen molar-refractivity contribution in [3.63, 3.8) is 0 Å². The third kappa shape index (κ3) is 4.04. The van der Waals surface area contributed by atoms with E-state index in [1.165, 1.54) is 0 Å². The minimum absolute atomic E-state index is 0.302. The van der Waals surface area contributed by atoms with Crippen LogP contribution in [0.5, 0.6) is 0 Å². The number of halogens is 6. The number of hydrogen-bond acceptors (Lipinski definition) is 5. The van der Waals surface area contributed by atoms with Crippen LogP contribution in [-0.4, -0.2) is 36.5 Å². The quantitative estimate of drug-likeness (QED) is 0.365. The Balaban J connectivity index is 3.28. The summed E-state index contributed by atoms with van der Waals surface area (Å²) >= 11 is 0. The van der Waals surface area contributed by atoms with Crippen molar-refractivity contribution >= 4 is 21.8 Å². The largest absolute Gasteiger partial charge is 0.441 e. The first-order valence-corrected chi connectivity index (χ1v) is 6.79. The summed E-state index contributed by atoms with van der Waals surface area (Å²) in [4.78, 5) is 11.5. The van der Waals surface area contributed by atoms with E-state index in [0.29, 0.717) is 6.07 Å². The van der Waals surface area contributed by atoms with Gasteiger partial charge in [-0.2, -0.15) is 30.4 Å². The average Bonchev–Trinajstić information content (AvgIpc) is 2.35. The Morgan fingerprint density at radius 2 is 1.74 bits per heavy atom. The number of nitrogens with two attached hydrogens (primary N) is 1. The lowest BCUT2D eigenvalue weighted by Crippen LogP contribution is -2.52. The maximum Gasteiger partial charge on any atom is 0.432 e. The molecule has 3 N–H and O–H groups in total. The Bertz CT molecular complexity index is 717. The third-order valence-corrected chi connectivity index (χ3v) is 3.31. The molecule has 0 aliphatic carbocycles. The molecule has 0 saturated heterocycles. The molecule has 0 saturated carbocycles. The molecule has 0 aliphatic heterocycles. The van der Waals surface area contributed by atoms with Gasteiger partial charge in [0.15, 0.2) is 0 Å². The molecule has 0 amide bonds. The number of carbonyl (C=O) groups is 1. The van der Waals surface area contributed by atoms with Gasteiger partial charge in [0, 0.05) is 5.69 Å². The summed E-state index contributed by atoms with van der Waals surface area (Å²) in [5.41, 5.74) is 3.53. The van der Waals surface area contributed by atoms with E-state index in [1.54, 1.807) is 0 Å². The van der Waals surface area contributed by atoms with E-state index in [-0.39, 0.29) is 0 Å². The zero-order chi connectivity index (χ0) is 18.2. The van der Waals surface area contributed by atoms with Gasteiger partial charge in [-0.1, -0.05) is 0 Å². The van der Waals surface area contributed by atoms with Crippen molar-refractivity contribution in [2.24, 2.45) is 0 Å². The van der Waals surface area contributed by atoms with Crippen LogP contribution in [0.1, 0.15) is 10.4 Å². The van der Waals surface area contributed by atoms with Crippen LogP contribution in [0.25, 0.3) is 0 Å². The van der Waals surface area contributed by atoms with Crippen molar-refractivity contribution in [3.8, 4) is 0 Å². The molecule has 0 heterocycles. The van der Waals surface area contributed by atoms with Crippen molar-refractivity contribution < 1.29 is 48.8 Å². The van der Waals surface area contributed by atoms with Crippen LogP contribution in [0.3, 0.4) is 0 Å². The van der Waals surface area contributed by atoms with Gasteiger partial charge in [-0.05, 0) is 18.2 Å². The molecule has 0 fully saturated rings. The Morgan fingerprint density at radius 1 is 1.22 bits per heavy atom. The number of rotatable bonds is 4. The Kier molecular flexibility index (Phi) is 4.87. The second-order valence-corrected chi connectivity index (χ2v) is 5.59. The standard InChI is InChI=1S/C10H7F6NO5S/c11-4-1-2-6(17)5(3-4)7(18)22-8(9(12,13)14)10(15,16)23(19,20)21/h1-3,8H,17H2,(H,19,20,21). The van der Waals surface area contributed by atoms with Crippen LogP contribution in [-0.2, 0) is 14.9 Å². The average molecular weight is 367 g/mol. The van der Waals surface area contributed by atoms with Crippen LogP contribution >= 0.6 is 0 Å². The lowest BCUT2D eigenvalue weighted by Gasteiger charge is -2.26. The molecule has 130 valence electrons. The molecule has 1 atom stereocenters. The van der Waals surface area contributed by atoms with Gasteiger partial charge >= 0.3 is 27.5 Å². The molecule has 0 aromatic heterocycles. The lowest BCUT2D eigenvalue weighted by atomic mass is 10.2. The lowest BCUT2D eigenvalue weighted by molar-refractivity contribution is -0.248. The van der Waals surface area contributed by atoms with Crippen molar-refractivity contribution in [2.75, 3.05) is 5.73 Å². The molecule has 0 aliphatic rings. The summed E-state index contributed by atoms with van der Waals surface area (Å²) in [6, 6.07) is 1.77. The maximum atomic E-state index is 13.2. The molecule has 0 spiro atoms. The fourth-order valence-corrected chi connectivity index (χ4v) is 1.79. The van der Waals surface area contributed by atoms with E-state index in [9.17, 15) is 39.6 Å². The van der Waals surface area contributed by atoms with E-state index < -0.39 is 50.7 Å². The smallest absolute Gasteiger partial charge is 0.432 e. The van der Waals surface area contributed by atoms with Crippen molar-refractivity contribution in [2.45, 2.75) is 17.5 Å². The van der Waals surface area contributed by atoms with Crippen LogP contribution < -0.4 is 5.73 Å². The molecule has 0 radical (unpaired) electrons. The first kappa shape index (κ1) is 19.0. The zero-order valence-electron chi connectivity index (χ0n) is 10.6. The highest BCUT2D eigenvalue weighted by Crippen LogP contribution is 2.38. The first-order valence-electron chi connectivity index (χ1n) is 5.35. The molecular formula is C10H7F6NO5S. The Morgan fingerprint density at radius 3 is 2.17 bits per heavy atom. The van der Waals surface area contributed by atoms with Gasteiger partial charge in [0.2, 0.25) is 0 Å². The minimum Gasteiger partial charge on any atom is -0.441 e. The molecule has 1 aromatic carbocycles. The number of anilines is 1. The first-order chi connectivity index (χ1) is 10.2. The van der Waals surface area contributed by atoms with Crippen molar-refractivity contribution in [1.82, 2.24) is 0 Å². The monoisotopic (exact) mass is 367 g/mol. The Labute approximate surface area is 124 Å². The molecule has 1 aromatic rings. The minimum atomic E-state index is -6.57. The molecular weight excluding hydrogens is 360 g/mol. The number of nitrogen functional groups attached to an aromatic ring is 1. The Hall–Kier alpha value is -2.02. The summed E-state index contributed by atoms with van der Waals surface area (Å²) in [7, 11) is -6.57. The van der Waals surface area contributed by atoms with Crippen molar-refractivity contribution in [3.05, 3.63) is 29.6 Å². The molecule has 6 nitrogen and oxygen atoms in total. The van der Waals surface area contributed by atoms with E-state index >= 15 is 0 Å². The highest BCUT2D eigenvalue weighted by atomic mass is 32.2. The summed E-state index contributed by atoms with van der Waals surface area (Å²) < 4.78 is 109. The van der Waals surface area contributed by atoms with Gasteiger partial charge in [-0.15, -0.1) is 0 Å². The van der Waals surface area contributed by atoms with Gasteiger partial charge < -0.3 is 10.5 Å². The molecule has 1 unspecified atom stereocenters. The van der Waals surface area contributed by atoms with E-state index in [2.05, 4.69) is 4.74 Å². The molecule has 0 bridgehead atoms. The summed E-state index contributed by atoms with van der Waals surface area (Å²) in [5.74, 6) is -3.30. The number of carbonyl (C=O) groups excluding carboxylic acids is 1. The second-order valence-electron chi connectivity index (χ2n) is 4.10. The molecule has 13 heteroatoms. The predicted molar refractivity (Wildman–Crippen MR) is 62.6 cm³/mol. The number of hydrogen-bond donors (Lipinski definition) is 2. The number of ether oxygens (including phenoxy) is 1.